The molecule has 0 aromatic heterocycles. The van der Waals surface area contributed by atoms with Crippen LogP contribution in [0.4, 0.5) is 0 Å². The van der Waals surface area contributed by atoms with Crippen LogP contribution in [-0.2, 0) is 52.7 Å². The van der Waals surface area contributed by atoms with Gasteiger partial charge in [0.05, 0.1) is 30.4 Å². The van der Waals surface area contributed by atoms with Crippen LogP contribution in [0.25, 0.3) is 0 Å². The normalized spacial score (nSPS) is 11.2. The van der Waals surface area contributed by atoms with Crippen LogP contribution in [0.3, 0.4) is 0 Å². The van der Waals surface area contributed by atoms with Crippen molar-refractivity contribution in [2.75, 3.05) is 34.5 Å². The second-order valence-corrected chi connectivity index (χ2v) is 8.87. The van der Waals surface area contributed by atoms with Crippen LogP contribution >= 0.6 is 37.9 Å². The first kappa shape index (κ1) is 31.3. The summed E-state index contributed by atoms with van der Waals surface area (Å²) in [5.41, 5.74) is 0. The van der Waals surface area contributed by atoms with Gasteiger partial charge in [-0.15, -0.1) is 0 Å². The molecule has 22 heavy (non-hydrogen) atoms. The minimum atomic E-state index is -4.00. The van der Waals surface area contributed by atoms with E-state index >= 15 is 0 Å². The third-order valence-corrected chi connectivity index (χ3v) is 4.71. The Hall–Kier alpha value is 1.52. The van der Waals surface area contributed by atoms with Crippen LogP contribution in [0.1, 0.15) is 0 Å². The second kappa shape index (κ2) is 16.0. The molecule has 0 aliphatic rings. The predicted octanol–water partition coefficient (Wildman–Crippen LogP) is -1.62. The van der Waals surface area contributed by atoms with Crippen molar-refractivity contribution in [3.63, 3.8) is 0 Å². The van der Waals surface area contributed by atoms with Gasteiger partial charge in [0.1, 0.15) is 0 Å². The summed E-state index contributed by atoms with van der Waals surface area (Å²) in [5, 5.41) is 0. The number of hydrogen-bond acceptors (Lipinski definition) is 12. The van der Waals surface area contributed by atoms with Gasteiger partial charge in [0.25, 0.3) is 0 Å². The van der Waals surface area contributed by atoms with Crippen LogP contribution < -0.4 is 0 Å². The van der Waals surface area contributed by atoms with Gasteiger partial charge in [-0.25, -0.2) is 25.3 Å². The van der Waals surface area contributed by atoms with Gasteiger partial charge < -0.3 is 13.7 Å². The largest absolute Gasteiger partial charge is 3.00 e. The molecule has 0 aromatic rings. The van der Waals surface area contributed by atoms with Crippen molar-refractivity contribution in [3.05, 3.63) is 0 Å². The fourth-order valence-electron chi connectivity index (χ4n) is 0.335. The molecule has 0 rings (SSSR count). The van der Waals surface area contributed by atoms with E-state index < -0.39 is 30.4 Å². The summed E-state index contributed by atoms with van der Waals surface area (Å²) in [6.07, 6.45) is 0. The zero-order chi connectivity index (χ0) is 17.7. The molecule has 0 N–H and O–H groups in total. The topological polar surface area (TPSA) is 172 Å². The summed E-state index contributed by atoms with van der Waals surface area (Å²) in [6, 6.07) is 0. The van der Waals surface area contributed by atoms with E-state index in [-0.39, 0.29) is 56.9 Å². The van der Waals surface area contributed by atoms with Crippen LogP contribution in [0, 0.1) is 0 Å². The van der Waals surface area contributed by atoms with Crippen molar-refractivity contribution in [1.29, 1.82) is 0 Å². The maximum atomic E-state index is 9.63. The van der Waals surface area contributed by atoms with Gasteiger partial charge in [0.2, 0.25) is 0 Å². The van der Waals surface area contributed by atoms with Crippen molar-refractivity contribution >= 4 is 68.2 Å². The monoisotopic (exact) mass is 620 g/mol. The quantitative estimate of drug-likeness (QED) is 0.179. The van der Waals surface area contributed by atoms with E-state index in [1.807, 2.05) is 0 Å². The molecule has 0 saturated carbocycles. The maximum Gasteiger partial charge on any atom is 3.00 e. The molecule has 0 amide bonds. The first-order valence-electron chi connectivity index (χ1n) is 4.81. The Bertz CT molecular complexity index is 458. The Balaban J connectivity index is -0.000000108. The molecule has 0 aromatic carbocycles. The van der Waals surface area contributed by atoms with Crippen LogP contribution in [0.5, 0.6) is 0 Å². The summed E-state index contributed by atoms with van der Waals surface area (Å²) in [7, 11) is -12.0. The average molecular weight is 621 g/mol. The van der Waals surface area contributed by atoms with Crippen molar-refractivity contribution < 1.29 is 61.3 Å². The van der Waals surface area contributed by atoms with Crippen molar-refractivity contribution in [2.45, 2.75) is 0 Å². The van der Waals surface area contributed by atoms with E-state index in [2.05, 4.69) is 37.9 Å². The molecule has 0 heterocycles. The minimum Gasteiger partial charge on any atom is -0.748 e. The van der Waals surface area contributed by atoms with E-state index in [4.69, 9.17) is 0 Å². The molecule has 0 atom stereocenters. The molecule has 0 bridgehead atoms. The zero-order valence-corrected chi connectivity index (χ0v) is 18.1. The van der Waals surface area contributed by atoms with E-state index in [1.165, 1.54) is 0 Å². The van der Waals surface area contributed by atoms with Gasteiger partial charge >= 0.3 is 22.4 Å². The summed E-state index contributed by atoms with van der Waals surface area (Å²) in [4.78, 5) is 0. The van der Waals surface area contributed by atoms with E-state index in [1.54, 1.807) is 0 Å². The molecule has 0 unspecified atom stereocenters. The van der Waals surface area contributed by atoms with E-state index in [0.29, 0.717) is 0 Å². The van der Waals surface area contributed by atoms with Gasteiger partial charge in [-0.2, -0.15) is 37.9 Å². The maximum absolute atomic E-state index is 9.63. The van der Waals surface area contributed by atoms with Gasteiger partial charge in [0, 0.05) is 34.5 Å². The molecule has 0 saturated heterocycles. The summed E-state index contributed by atoms with van der Waals surface area (Å²) >= 11 is 10.6. The first-order chi connectivity index (χ1) is 9.18. The third kappa shape index (κ3) is 49.6. The van der Waals surface area contributed by atoms with Gasteiger partial charge in [-0.1, -0.05) is 0 Å². The number of rotatable bonds is 6. The predicted molar refractivity (Wildman–Crippen MR) is 85.3 cm³/mol. The average Bonchev–Trinajstić information content (AvgIpc) is 2.12. The minimum absolute atomic E-state index is 0. The van der Waals surface area contributed by atoms with Crippen molar-refractivity contribution in [3.8, 4) is 0 Å². The molecular weight excluding hydrogens is 605 g/mol. The second-order valence-electron chi connectivity index (χ2n) is 2.96. The van der Waals surface area contributed by atoms with Crippen molar-refractivity contribution in [2.24, 2.45) is 0 Å². The van der Waals surface area contributed by atoms with Crippen LogP contribution in [-0.4, -0.2) is 73.4 Å². The molecule has 140 valence electrons. The zero-order valence-electron chi connectivity index (χ0n) is 10.8. The fraction of sp³-hybridized carbons (Fsp3) is 1.00. The summed E-state index contributed by atoms with van der Waals surface area (Å²) in [6.45, 7) is 0. The molecule has 0 radical (unpaired) electrons. The Kier molecular flexibility index (Phi) is 22.8. The molecule has 0 fully saturated rings. The van der Waals surface area contributed by atoms with E-state index in [0.717, 1.165) is 0 Å². The third-order valence-electron chi connectivity index (χ3n) is 1.02. The van der Waals surface area contributed by atoms with Crippen LogP contribution in [0.2, 0.25) is 0 Å². The Morgan fingerprint density at radius 3 is 0.682 bits per heavy atom. The standard InChI is InChI=1S/3C2H6O3S2.Au/c3*3-7(4,5)2-1-6;/h3*6H,1-2H2,(H,3,4,5);/q;;;+3/p-3. The van der Waals surface area contributed by atoms with Crippen molar-refractivity contribution in [1.82, 2.24) is 0 Å². The Morgan fingerprint density at radius 1 is 0.545 bits per heavy atom. The SMILES string of the molecule is O=S(=O)([O-])CCS.O=S(=O)([O-])CCS.O=S(=O)([O-])CCS.[Au+3]. The summed E-state index contributed by atoms with van der Waals surface area (Å²) in [5.74, 6) is -0.828. The molecule has 0 aliphatic carbocycles. The van der Waals surface area contributed by atoms with Crippen LogP contribution in [0.15, 0.2) is 0 Å². The van der Waals surface area contributed by atoms with Gasteiger partial charge in [-0.3, -0.25) is 0 Å². The number of thiol groups is 3. The fourth-order valence-corrected chi connectivity index (χ4v) is 3.02. The Morgan fingerprint density at radius 2 is 0.682 bits per heavy atom. The molecule has 0 spiro atoms. The Labute approximate surface area is 163 Å². The van der Waals surface area contributed by atoms with E-state index in [9.17, 15) is 38.9 Å². The number of hydrogen-bond donors (Lipinski definition) is 3. The molecule has 9 nitrogen and oxygen atoms in total. The molecule has 0 aliphatic heterocycles. The first-order valence-corrected chi connectivity index (χ1v) is 11.4. The molecular formula is C6H15AuO9S6. The smallest absolute Gasteiger partial charge is 0.748 e. The summed E-state index contributed by atoms with van der Waals surface area (Å²) < 4.78 is 86.6. The van der Waals surface area contributed by atoms with Gasteiger partial charge in [-0.05, 0) is 0 Å². The van der Waals surface area contributed by atoms with Gasteiger partial charge in [0.15, 0.2) is 0 Å². The molecule has 16 heteroatoms.